The van der Waals surface area contributed by atoms with Crippen LogP contribution in [0.1, 0.15) is 55.9 Å². The Kier molecular flexibility index (Phi) is 10.5. The normalized spacial score (nSPS) is 12.8. The number of amides is 2. The van der Waals surface area contributed by atoms with Crippen LogP contribution in [0.4, 0.5) is 5.69 Å². The lowest BCUT2D eigenvalue weighted by Gasteiger charge is -2.34. The highest BCUT2D eigenvalue weighted by Gasteiger charge is 2.34. The first-order chi connectivity index (χ1) is 19.0. The average Bonchev–Trinajstić information content (AvgIpc) is 2.93. The summed E-state index contributed by atoms with van der Waals surface area (Å²) in [6.45, 7) is 11.2. The van der Waals surface area contributed by atoms with E-state index < -0.39 is 28.5 Å². The standard InChI is InChI=1S/C32H41N3O4S/c1-7-25(5)33-32(37)29(8-2)34(21-27-16-12-14-23(3)20-27)31(36)22-35(30-19-13-15-24(4)26(30)6)40(38,39)28-17-10-9-11-18-28/h9-20,25,29H,7-8,21-22H2,1-6H3,(H,33,37)/t25-,29+/m0/s1. The van der Waals surface area contributed by atoms with Gasteiger partial charge < -0.3 is 10.2 Å². The highest BCUT2D eigenvalue weighted by atomic mass is 32.2. The molecule has 0 radical (unpaired) electrons. The van der Waals surface area contributed by atoms with E-state index in [0.29, 0.717) is 12.1 Å². The predicted octanol–water partition coefficient (Wildman–Crippen LogP) is 5.53. The van der Waals surface area contributed by atoms with Crippen molar-refractivity contribution in [2.24, 2.45) is 0 Å². The molecule has 2 atom stereocenters. The predicted molar refractivity (Wildman–Crippen MR) is 161 cm³/mol. The second-order valence-corrected chi connectivity index (χ2v) is 12.2. The molecule has 3 aromatic rings. The van der Waals surface area contributed by atoms with E-state index in [2.05, 4.69) is 5.32 Å². The number of carbonyl (C=O) groups is 2. The van der Waals surface area contributed by atoms with Gasteiger partial charge in [-0.1, -0.05) is 74.0 Å². The van der Waals surface area contributed by atoms with E-state index >= 15 is 0 Å². The van der Waals surface area contributed by atoms with Gasteiger partial charge >= 0.3 is 0 Å². The van der Waals surface area contributed by atoms with Crippen LogP contribution >= 0.6 is 0 Å². The van der Waals surface area contributed by atoms with Crippen molar-refractivity contribution in [3.8, 4) is 0 Å². The van der Waals surface area contributed by atoms with E-state index in [1.54, 1.807) is 30.3 Å². The fraction of sp³-hybridized carbons (Fsp3) is 0.375. The van der Waals surface area contributed by atoms with E-state index in [-0.39, 0.29) is 23.4 Å². The number of rotatable bonds is 12. The molecule has 0 aliphatic carbocycles. The number of carbonyl (C=O) groups excluding carboxylic acids is 2. The van der Waals surface area contributed by atoms with Crippen molar-refractivity contribution in [1.82, 2.24) is 10.2 Å². The zero-order valence-electron chi connectivity index (χ0n) is 24.3. The lowest BCUT2D eigenvalue weighted by molar-refractivity contribution is -0.140. The van der Waals surface area contributed by atoms with Crippen LogP contribution in [0.3, 0.4) is 0 Å². The van der Waals surface area contributed by atoms with Crippen molar-refractivity contribution in [2.45, 2.75) is 77.9 Å². The number of anilines is 1. The van der Waals surface area contributed by atoms with Gasteiger partial charge in [0.2, 0.25) is 11.8 Å². The summed E-state index contributed by atoms with van der Waals surface area (Å²) >= 11 is 0. The third-order valence-corrected chi connectivity index (χ3v) is 9.05. The molecule has 214 valence electrons. The van der Waals surface area contributed by atoms with E-state index in [1.807, 2.05) is 71.9 Å². The number of hydrogen-bond donors (Lipinski definition) is 1. The molecule has 0 aliphatic heterocycles. The fourth-order valence-electron chi connectivity index (χ4n) is 4.61. The number of aryl methyl sites for hydroxylation is 2. The van der Waals surface area contributed by atoms with Crippen LogP contribution in [0, 0.1) is 20.8 Å². The monoisotopic (exact) mass is 563 g/mol. The van der Waals surface area contributed by atoms with Gasteiger partial charge in [-0.05, 0) is 75.4 Å². The Hall–Kier alpha value is -3.65. The summed E-state index contributed by atoms with van der Waals surface area (Å²) in [4.78, 5) is 29.2. The molecule has 7 nitrogen and oxygen atoms in total. The van der Waals surface area contributed by atoms with Gasteiger partial charge in [-0.3, -0.25) is 13.9 Å². The van der Waals surface area contributed by atoms with Crippen LogP contribution < -0.4 is 9.62 Å². The van der Waals surface area contributed by atoms with Crippen LogP contribution in [-0.2, 0) is 26.2 Å². The van der Waals surface area contributed by atoms with E-state index in [0.717, 1.165) is 28.7 Å². The third kappa shape index (κ3) is 7.30. The molecule has 40 heavy (non-hydrogen) atoms. The van der Waals surface area contributed by atoms with Crippen LogP contribution in [0.5, 0.6) is 0 Å². The summed E-state index contributed by atoms with van der Waals surface area (Å²) < 4.78 is 29.2. The minimum absolute atomic E-state index is 0.0534. The quantitative estimate of drug-likeness (QED) is 0.314. The number of nitrogens with one attached hydrogen (secondary N) is 1. The second-order valence-electron chi connectivity index (χ2n) is 10.3. The summed E-state index contributed by atoms with van der Waals surface area (Å²) in [7, 11) is -4.09. The van der Waals surface area contributed by atoms with Gasteiger partial charge in [0, 0.05) is 12.6 Å². The maximum Gasteiger partial charge on any atom is 0.264 e. The molecule has 0 bridgehead atoms. The summed E-state index contributed by atoms with van der Waals surface area (Å²) in [6, 6.07) is 20.5. The summed E-state index contributed by atoms with van der Waals surface area (Å²) in [5, 5.41) is 3.01. The Morgan fingerprint density at radius 3 is 2.17 bits per heavy atom. The Morgan fingerprint density at radius 1 is 0.875 bits per heavy atom. The summed E-state index contributed by atoms with van der Waals surface area (Å²) in [5.41, 5.74) is 4.01. The molecular weight excluding hydrogens is 522 g/mol. The van der Waals surface area contributed by atoms with Gasteiger partial charge in [-0.15, -0.1) is 0 Å². The largest absolute Gasteiger partial charge is 0.352 e. The maximum absolute atomic E-state index is 14.2. The van der Waals surface area contributed by atoms with Crippen LogP contribution in [-0.4, -0.2) is 43.8 Å². The van der Waals surface area contributed by atoms with Gasteiger partial charge in [-0.2, -0.15) is 0 Å². The molecule has 0 spiro atoms. The molecule has 2 amide bonds. The van der Waals surface area contributed by atoms with Gasteiger partial charge in [0.25, 0.3) is 10.0 Å². The molecule has 3 aromatic carbocycles. The first-order valence-electron chi connectivity index (χ1n) is 13.8. The van der Waals surface area contributed by atoms with Crippen LogP contribution in [0.15, 0.2) is 77.7 Å². The summed E-state index contributed by atoms with van der Waals surface area (Å²) in [5.74, 6) is -0.699. The molecule has 0 fully saturated rings. The first kappa shape index (κ1) is 30.9. The molecule has 0 aliphatic rings. The Bertz CT molecular complexity index is 1420. The Morgan fingerprint density at radius 2 is 1.55 bits per heavy atom. The molecule has 8 heteroatoms. The number of nitrogens with zero attached hydrogens (tertiary/aromatic N) is 2. The lowest BCUT2D eigenvalue weighted by atomic mass is 10.1. The smallest absolute Gasteiger partial charge is 0.264 e. The van der Waals surface area contributed by atoms with Gasteiger partial charge in [-0.25, -0.2) is 8.42 Å². The second kappa shape index (κ2) is 13.6. The Balaban J connectivity index is 2.09. The molecule has 3 rings (SSSR count). The zero-order valence-corrected chi connectivity index (χ0v) is 25.2. The minimum atomic E-state index is -4.09. The van der Waals surface area contributed by atoms with Crippen molar-refractivity contribution in [1.29, 1.82) is 0 Å². The topological polar surface area (TPSA) is 86.8 Å². The van der Waals surface area contributed by atoms with Gasteiger partial charge in [0.05, 0.1) is 10.6 Å². The van der Waals surface area contributed by atoms with E-state index in [1.165, 1.54) is 21.3 Å². The van der Waals surface area contributed by atoms with Crippen molar-refractivity contribution in [3.05, 3.63) is 95.1 Å². The molecular formula is C32H41N3O4S. The number of sulfonamides is 1. The van der Waals surface area contributed by atoms with Crippen LogP contribution in [0.25, 0.3) is 0 Å². The van der Waals surface area contributed by atoms with Gasteiger partial charge in [0.1, 0.15) is 12.6 Å². The van der Waals surface area contributed by atoms with E-state index in [9.17, 15) is 18.0 Å². The fourth-order valence-corrected chi connectivity index (χ4v) is 6.10. The molecule has 0 saturated heterocycles. The van der Waals surface area contributed by atoms with Crippen molar-refractivity contribution >= 4 is 27.5 Å². The zero-order chi connectivity index (χ0) is 29.4. The Labute approximate surface area is 239 Å². The average molecular weight is 564 g/mol. The highest BCUT2D eigenvalue weighted by Crippen LogP contribution is 2.29. The number of benzene rings is 3. The molecule has 0 aromatic heterocycles. The maximum atomic E-state index is 14.2. The van der Waals surface area contributed by atoms with Gasteiger partial charge in [0.15, 0.2) is 0 Å². The number of hydrogen-bond acceptors (Lipinski definition) is 4. The summed E-state index contributed by atoms with van der Waals surface area (Å²) in [6.07, 6.45) is 1.14. The van der Waals surface area contributed by atoms with Crippen molar-refractivity contribution in [2.75, 3.05) is 10.8 Å². The van der Waals surface area contributed by atoms with Crippen molar-refractivity contribution < 1.29 is 18.0 Å². The molecule has 0 unspecified atom stereocenters. The minimum Gasteiger partial charge on any atom is -0.352 e. The van der Waals surface area contributed by atoms with E-state index in [4.69, 9.17) is 0 Å². The SMILES string of the molecule is CC[C@H](C(=O)N[C@@H](C)CC)N(Cc1cccc(C)c1)C(=O)CN(c1cccc(C)c1C)S(=O)(=O)c1ccccc1. The third-order valence-electron chi connectivity index (χ3n) is 7.28. The first-order valence-corrected chi connectivity index (χ1v) is 15.2. The molecule has 0 heterocycles. The molecule has 0 saturated carbocycles. The van der Waals surface area contributed by atoms with Crippen molar-refractivity contribution in [3.63, 3.8) is 0 Å². The van der Waals surface area contributed by atoms with Crippen LogP contribution in [0.2, 0.25) is 0 Å². The lowest BCUT2D eigenvalue weighted by Crippen LogP contribution is -2.53. The highest BCUT2D eigenvalue weighted by molar-refractivity contribution is 7.92. The molecule has 1 N–H and O–H groups in total.